The van der Waals surface area contributed by atoms with E-state index in [1.165, 1.54) is 4.88 Å². The minimum Gasteiger partial charge on any atom is -0.506 e. The molecule has 0 aliphatic heterocycles. The Morgan fingerprint density at radius 1 is 1.28 bits per heavy atom. The second-order valence-corrected chi connectivity index (χ2v) is 6.52. The lowest BCUT2D eigenvalue weighted by molar-refractivity contribution is 0.468. The molecule has 2 N–H and O–H groups in total. The molecular formula is C12H12Br2N2OS. The summed E-state index contributed by atoms with van der Waals surface area (Å²) in [6, 6.07) is 3.82. The number of aromatic nitrogens is 1. The molecule has 0 saturated heterocycles. The molecule has 0 atom stereocenters. The molecule has 18 heavy (non-hydrogen) atoms. The van der Waals surface area contributed by atoms with Crippen LogP contribution in [0.4, 0.5) is 0 Å². The normalized spacial score (nSPS) is 10.8. The van der Waals surface area contributed by atoms with Crippen molar-refractivity contribution in [1.29, 1.82) is 0 Å². The first-order valence-electron chi connectivity index (χ1n) is 5.34. The van der Waals surface area contributed by atoms with Gasteiger partial charge in [0.1, 0.15) is 5.75 Å². The van der Waals surface area contributed by atoms with Crippen LogP contribution in [0.1, 0.15) is 16.1 Å². The molecule has 3 nitrogen and oxygen atoms in total. The van der Waals surface area contributed by atoms with Gasteiger partial charge in [-0.2, -0.15) is 0 Å². The van der Waals surface area contributed by atoms with E-state index in [-0.39, 0.29) is 5.75 Å². The highest BCUT2D eigenvalue weighted by Crippen LogP contribution is 2.33. The van der Waals surface area contributed by atoms with Gasteiger partial charge in [0.15, 0.2) is 0 Å². The van der Waals surface area contributed by atoms with Gasteiger partial charge in [0.05, 0.1) is 20.1 Å². The maximum atomic E-state index is 9.62. The molecule has 96 valence electrons. The number of aromatic hydroxyl groups is 1. The van der Waals surface area contributed by atoms with E-state index in [1.54, 1.807) is 11.3 Å². The van der Waals surface area contributed by atoms with Gasteiger partial charge in [-0.1, -0.05) is 0 Å². The average Bonchev–Trinajstić information content (AvgIpc) is 2.72. The third kappa shape index (κ3) is 3.32. The van der Waals surface area contributed by atoms with E-state index in [0.29, 0.717) is 8.95 Å². The number of hydrogen-bond acceptors (Lipinski definition) is 4. The van der Waals surface area contributed by atoms with E-state index < -0.39 is 0 Å². The van der Waals surface area contributed by atoms with Gasteiger partial charge in [0, 0.05) is 18.0 Å². The minimum absolute atomic E-state index is 0.233. The van der Waals surface area contributed by atoms with Crippen LogP contribution in [0.5, 0.6) is 5.75 Å². The molecule has 0 saturated carbocycles. The van der Waals surface area contributed by atoms with E-state index in [0.717, 1.165) is 24.3 Å². The number of rotatable bonds is 4. The van der Waals surface area contributed by atoms with Crippen molar-refractivity contribution in [2.24, 2.45) is 0 Å². The Kier molecular flexibility index (Phi) is 4.77. The lowest BCUT2D eigenvalue weighted by atomic mass is 10.2. The number of hydrogen-bond donors (Lipinski definition) is 2. The summed E-state index contributed by atoms with van der Waals surface area (Å²) < 4.78 is 1.39. The van der Waals surface area contributed by atoms with Crippen LogP contribution in [-0.4, -0.2) is 10.1 Å². The quantitative estimate of drug-likeness (QED) is 0.828. The van der Waals surface area contributed by atoms with Gasteiger partial charge in [-0.05, 0) is 56.5 Å². The summed E-state index contributed by atoms with van der Waals surface area (Å²) in [4.78, 5) is 5.47. The second-order valence-electron chi connectivity index (χ2n) is 3.87. The van der Waals surface area contributed by atoms with Crippen molar-refractivity contribution < 1.29 is 5.11 Å². The molecule has 6 heteroatoms. The summed E-state index contributed by atoms with van der Waals surface area (Å²) in [6.07, 6.45) is 0. The molecule has 2 rings (SSSR count). The highest BCUT2D eigenvalue weighted by molar-refractivity contribution is 9.11. The van der Waals surface area contributed by atoms with Crippen LogP contribution < -0.4 is 5.32 Å². The van der Waals surface area contributed by atoms with Crippen molar-refractivity contribution in [2.45, 2.75) is 20.0 Å². The summed E-state index contributed by atoms with van der Waals surface area (Å²) in [7, 11) is 0. The summed E-state index contributed by atoms with van der Waals surface area (Å²) in [5.41, 5.74) is 4.05. The van der Waals surface area contributed by atoms with Crippen LogP contribution in [0, 0.1) is 6.92 Å². The number of aryl methyl sites for hydroxylation is 1. The summed E-state index contributed by atoms with van der Waals surface area (Å²) in [5.74, 6) is 0.233. The van der Waals surface area contributed by atoms with Crippen LogP contribution in [-0.2, 0) is 13.1 Å². The smallest absolute Gasteiger partial charge is 0.143 e. The molecule has 2 aromatic rings. The van der Waals surface area contributed by atoms with Crippen LogP contribution in [0.25, 0.3) is 0 Å². The Labute approximate surface area is 127 Å². The molecule has 0 radical (unpaired) electrons. The topological polar surface area (TPSA) is 45.2 Å². The number of phenols is 1. The predicted molar refractivity (Wildman–Crippen MR) is 80.9 cm³/mol. The Hall–Kier alpha value is -0.430. The molecule has 0 fully saturated rings. The van der Waals surface area contributed by atoms with Gasteiger partial charge < -0.3 is 10.4 Å². The van der Waals surface area contributed by atoms with Gasteiger partial charge in [0.25, 0.3) is 0 Å². The maximum absolute atomic E-state index is 9.62. The van der Waals surface area contributed by atoms with Gasteiger partial charge >= 0.3 is 0 Å². The second kappa shape index (κ2) is 6.14. The van der Waals surface area contributed by atoms with E-state index in [9.17, 15) is 5.11 Å². The molecule has 0 spiro atoms. The number of nitrogens with one attached hydrogen (secondary N) is 1. The lowest BCUT2D eigenvalue weighted by Gasteiger charge is -2.07. The number of halogens is 2. The number of nitrogens with zero attached hydrogens (tertiary/aromatic N) is 1. The molecule has 0 unspecified atom stereocenters. The fraction of sp³-hybridized carbons (Fsp3) is 0.250. The van der Waals surface area contributed by atoms with Crippen molar-refractivity contribution in [3.63, 3.8) is 0 Å². The number of benzene rings is 1. The first-order chi connectivity index (χ1) is 8.58. The summed E-state index contributed by atoms with van der Waals surface area (Å²) >= 11 is 8.31. The molecule has 0 aliphatic carbocycles. The molecular weight excluding hydrogens is 380 g/mol. The van der Waals surface area contributed by atoms with Crippen molar-refractivity contribution >= 4 is 43.2 Å². The Bertz CT molecular complexity index is 534. The molecule has 1 heterocycles. The van der Waals surface area contributed by atoms with Crippen LogP contribution >= 0.6 is 43.2 Å². The van der Waals surface area contributed by atoms with Crippen molar-refractivity contribution in [3.8, 4) is 5.75 Å². The van der Waals surface area contributed by atoms with Crippen molar-refractivity contribution in [3.05, 3.63) is 42.7 Å². The first-order valence-corrected chi connectivity index (χ1v) is 7.81. The average molecular weight is 392 g/mol. The lowest BCUT2D eigenvalue weighted by Crippen LogP contribution is -2.12. The highest BCUT2D eigenvalue weighted by Gasteiger charge is 2.06. The van der Waals surface area contributed by atoms with E-state index in [2.05, 4.69) is 42.2 Å². The Balaban J connectivity index is 1.97. The van der Waals surface area contributed by atoms with E-state index >= 15 is 0 Å². The predicted octanol–water partition coefficient (Wildman–Crippen LogP) is 3.97. The molecule has 0 bridgehead atoms. The van der Waals surface area contributed by atoms with Gasteiger partial charge in [-0.3, -0.25) is 0 Å². The fourth-order valence-electron chi connectivity index (χ4n) is 1.54. The first kappa shape index (κ1) is 14.0. The fourth-order valence-corrected chi connectivity index (χ4v) is 3.56. The van der Waals surface area contributed by atoms with Gasteiger partial charge in [-0.25, -0.2) is 4.98 Å². The standard InChI is InChI=1S/C12H12Br2N2OS/c1-7-11(18-6-16-7)5-15-4-8-2-9(13)12(17)10(14)3-8/h2-3,6,15,17H,4-5H2,1H3. The zero-order valence-corrected chi connectivity index (χ0v) is 13.7. The maximum Gasteiger partial charge on any atom is 0.143 e. The number of phenolic OH excluding ortho intramolecular Hbond substituents is 1. The zero-order chi connectivity index (χ0) is 13.1. The third-order valence-corrected chi connectivity index (χ3v) is 4.68. The Morgan fingerprint density at radius 2 is 1.94 bits per heavy atom. The molecule has 0 aliphatic rings. The van der Waals surface area contributed by atoms with E-state index in [1.807, 2.05) is 24.6 Å². The zero-order valence-electron chi connectivity index (χ0n) is 9.70. The summed E-state index contributed by atoms with van der Waals surface area (Å²) in [6.45, 7) is 3.57. The molecule has 1 aromatic carbocycles. The SMILES string of the molecule is Cc1ncsc1CNCc1cc(Br)c(O)c(Br)c1. The molecule has 1 aromatic heterocycles. The largest absolute Gasteiger partial charge is 0.506 e. The van der Waals surface area contributed by atoms with Crippen molar-refractivity contribution in [1.82, 2.24) is 10.3 Å². The highest BCUT2D eigenvalue weighted by atomic mass is 79.9. The van der Waals surface area contributed by atoms with E-state index in [4.69, 9.17) is 0 Å². The minimum atomic E-state index is 0.233. The summed E-state index contributed by atoms with van der Waals surface area (Å²) in [5, 5.41) is 13.0. The van der Waals surface area contributed by atoms with Crippen molar-refractivity contribution in [2.75, 3.05) is 0 Å². The van der Waals surface area contributed by atoms with Crippen LogP contribution in [0.3, 0.4) is 0 Å². The molecule has 0 amide bonds. The van der Waals surface area contributed by atoms with Crippen LogP contribution in [0.2, 0.25) is 0 Å². The number of thiazole rings is 1. The monoisotopic (exact) mass is 390 g/mol. The third-order valence-electron chi connectivity index (χ3n) is 2.54. The van der Waals surface area contributed by atoms with Gasteiger partial charge in [0.2, 0.25) is 0 Å². The van der Waals surface area contributed by atoms with Gasteiger partial charge in [-0.15, -0.1) is 11.3 Å². The van der Waals surface area contributed by atoms with Crippen LogP contribution in [0.15, 0.2) is 26.6 Å². The Morgan fingerprint density at radius 3 is 2.50 bits per heavy atom.